The lowest BCUT2D eigenvalue weighted by atomic mass is 10.0. The van der Waals surface area contributed by atoms with Crippen LogP contribution in [0.4, 0.5) is 0 Å². The van der Waals surface area contributed by atoms with Crippen molar-refractivity contribution in [1.82, 2.24) is 4.90 Å². The second-order valence-corrected chi connectivity index (χ2v) is 4.99. The van der Waals surface area contributed by atoms with E-state index in [4.69, 9.17) is 0 Å². The van der Waals surface area contributed by atoms with E-state index in [0.29, 0.717) is 18.5 Å². The van der Waals surface area contributed by atoms with E-state index in [1.165, 1.54) is 4.90 Å². The summed E-state index contributed by atoms with van der Waals surface area (Å²) in [5.41, 5.74) is 1.67. The van der Waals surface area contributed by atoms with Crippen LogP contribution in [0.25, 0.3) is 0 Å². The first-order valence-electron chi connectivity index (χ1n) is 7.04. The standard InChI is InChI=1S/C18H19NO2/c1-3-4-6-11-16-14(2)17(20)19(18(16)21)13-12-15-9-7-5-8-10-15/h3-11,14H,1,12-13H2,2H3/b6-4-,16-11+. The van der Waals surface area contributed by atoms with E-state index in [-0.39, 0.29) is 17.7 Å². The van der Waals surface area contributed by atoms with Gasteiger partial charge in [0.2, 0.25) is 5.91 Å². The van der Waals surface area contributed by atoms with Crippen LogP contribution in [-0.4, -0.2) is 23.3 Å². The minimum absolute atomic E-state index is 0.116. The maximum atomic E-state index is 12.3. The molecule has 1 aliphatic heterocycles. The van der Waals surface area contributed by atoms with Crippen molar-refractivity contribution in [2.45, 2.75) is 13.3 Å². The van der Waals surface area contributed by atoms with Gasteiger partial charge in [0.05, 0.1) is 5.92 Å². The Morgan fingerprint density at radius 1 is 1.19 bits per heavy atom. The van der Waals surface area contributed by atoms with Gasteiger partial charge >= 0.3 is 0 Å². The zero-order valence-corrected chi connectivity index (χ0v) is 12.2. The Bertz CT molecular complexity index is 599. The minimum atomic E-state index is -0.372. The largest absolute Gasteiger partial charge is 0.278 e. The molecule has 0 aromatic heterocycles. The molecule has 0 N–H and O–H groups in total. The molecule has 0 aliphatic carbocycles. The average Bonchev–Trinajstić information content (AvgIpc) is 2.70. The van der Waals surface area contributed by atoms with Crippen LogP contribution in [-0.2, 0) is 16.0 Å². The van der Waals surface area contributed by atoms with Crippen LogP contribution in [0.1, 0.15) is 12.5 Å². The summed E-state index contributed by atoms with van der Waals surface area (Å²) in [6, 6.07) is 9.86. The second-order valence-electron chi connectivity index (χ2n) is 4.99. The first kappa shape index (κ1) is 15.0. The molecule has 1 unspecified atom stereocenters. The third-order valence-electron chi connectivity index (χ3n) is 3.58. The first-order valence-corrected chi connectivity index (χ1v) is 7.04. The van der Waals surface area contributed by atoms with E-state index in [1.807, 2.05) is 30.3 Å². The Hall–Kier alpha value is -2.42. The minimum Gasteiger partial charge on any atom is -0.278 e. The number of nitrogens with zero attached hydrogens (tertiary/aromatic N) is 1. The predicted molar refractivity (Wildman–Crippen MR) is 83.5 cm³/mol. The Morgan fingerprint density at radius 2 is 1.90 bits per heavy atom. The fourth-order valence-electron chi connectivity index (χ4n) is 2.36. The van der Waals surface area contributed by atoms with Crippen molar-refractivity contribution < 1.29 is 9.59 Å². The molecule has 3 nitrogen and oxygen atoms in total. The van der Waals surface area contributed by atoms with Crippen LogP contribution < -0.4 is 0 Å². The van der Waals surface area contributed by atoms with Gasteiger partial charge in [0.1, 0.15) is 0 Å². The van der Waals surface area contributed by atoms with E-state index in [1.54, 1.807) is 31.2 Å². The summed E-state index contributed by atoms with van der Waals surface area (Å²) in [5.74, 6) is -0.672. The monoisotopic (exact) mass is 281 g/mol. The Labute approximate surface area is 125 Å². The topological polar surface area (TPSA) is 37.4 Å². The summed E-state index contributed by atoms with van der Waals surface area (Å²) in [5, 5.41) is 0. The van der Waals surface area contributed by atoms with Gasteiger partial charge in [-0.2, -0.15) is 0 Å². The van der Waals surface area contributed by atoms with Gasteiger partial charge in [-0.15, -0.1) is 0 Å². The lowest BCUT2D eigenvalue weighted by molar-refractivity contribution is -0.138. The molecule has 1 aromatic rings. The highest BCUT2D eigenvalue weighted by Crippen LogP contribution is 2.25. The highest BCUT2D eigenvalue weighted by Gasteiger charge is 2.39. The van der Waals surface area contributed by atoms with E-state index in [2.05, 4.69) is 6.58 Å². The van der Waals surface area contributed by atoms with Gasteiger partial charge in [-0.25, -0.2) is 0 Å². The quantitative estimate of drug-likeness (QED) is 0.473. The molecule has 3 heteroatoms. The molecule has 1 heterocycles. The van der Waals surface area contributed by atoms with Crippen molar-refractivity contribution in [3.8, 4) is 0 Å². The van der Waals surface area contributed by atoms with Gasteiger partial charge in [0, 0.05) is 12.1 Å². The third kappa shape index (κ3) is 3.37. The fraction of sp³-hybridized carbons (Fsp3) is 0.222. The molecule has 0 spiro atoms. The summed E-state index contributed by atoms with van der Waals surface area (Å²) in [6.45, 7) is 5.78. The van der Waals surface area contributed by atoms with Gasteiger partial charge < -0.3 is 0 Å². The van der Waals surface area contributed by atoms with Crippen molar-refractivity contribution in [2.24, 2.45) is 5.92 Å². The number of imide groups is 1. The Kier molecular flexibility index (Phi) is 4.88. The van der Waals surface area contributed by atoms with E-state index >= 15 is 0 Å². The van der Waals surface area contributed by atoms with Crippen molar-refractivity contribution in [1.29, 1.82) is 0 Å². The lowest BCUT2D eigenvalue weighted by Crippen LogP contribution is -2.32. The zero-order chi connectivity index (χ0) is 15.2. The molecule has 2 amide bonds. The molecule has 2 rings (SSSR count). The van der Waals surface area contributed by atoms with E-state index in [0.717, 1.165) is 5.56 Å². The van der Waals surface area contributed by atoms with E-state index in [9.17, 15) is 9.59 Å². The smallest absolute Gasteiger partial charge is 0.257 e. The number of rotatable bonds is 5. The summed E-state index contributed by atoms with van der Waals surface area (Å²) in [6.07, 6.45) is 7.50. The van der Waals surface area contributed by atoms with Crippen LogP contribution in [0.5, 0.6) is 0 Å². The number of allylic oxidation sites excluding steroid dienone is 4. The molecule has 108 valence electrons. The first-order chi connectivity index (χ1) is 10.1. The summed E-state index contributed by atoms with van der Waals surface area (Å²) in [4.78, 5) is 25.9. The number of carbonyl (C=O) groups is 2. The molecule has 1 aliphatic rings. The molecule has 1 atom stereocenters. The van der Waals surface area contributed by atoms with E-state index < -0.39 is 0 Å². The molecular weight excluding hydrogens is 262 g/mol. The van der Waals surface area contributed by atoms with Crippen molar-refractivity contribution in [2.75, 3.05) is 6.54 Å². The summed E-state index contributed by atoms with van der Waals surface area (Å²) >= 11 is 0. The Morgan fingerprint density at radius 3 is 2.57 bits per heavy atom. The number of hydrogen-bond donors (Lipinski definition) is 0. The SMILES string of the molecule is C=C/C=C\C=C1\C(=O)N(CCc2ccccc2)C(=O)C1C. The lowest BCUT2D eigenvalue weighted by Gasteiger charge is -2.13. The van der Waals surface area contributed by atoms with Gasteiger partial charge in [-0.05, 0) is 18.9 Å². The predicted octanol–water partition coefficient (Wildman–Crippen LogP) is 2.90. The zero-order valence-electron chi connectivity index (χ0n) is 12.2. The van der Waals surface area contributed by atoms with Gasteiger partial charge in [0.25, 0.3) is 5.91 Å². The maximum Gasteiger partial charge on any atom is 0.257 e. The molecule has 21 heavy (non-hydrogen) atoms. The van der Waals surface area contributed by atoms with Crippen LogP contribution >= 0.6 is 0 Å². The number of hydrogen-bond acceptors (Lipinski definition) is 2. The van der Waals surface area contributed by atoms with Crippen LogP contribution in [0.15, 0.2) is 66.8 Å². The van der Waals surface area contributed by atoms with Gasteiger partial charge in [-0.3, -0.25) is 14.5 Å². The third-order valence-corrected chi connectivity index (χ3v) is 3.58. The number of benzene rings is 1. The molecule has 0 radical (unpaired) electrons. The normalized spacial score (nSPS) is 20.7. The average molecular weight is 281 g/mol. The van der Waals surface area contributed by atoms with Gasteiger partial charge in [0.15, 0.2) is 0 Å². The van der Waals surface area contributed by atoms with Crippen LogP contribution in [0, 0.1) is 5.92 Å². The van der Waals surface area contributed by atoms with Gasteiger partial charge in [-0.1, -0.05) is 61.2 Å². The fourth-order valence-corrected chi connectivity index (χ4v) is 2.36. The summed E-state index contributed by atoms with van der Waals surface area (Å²) < 4.78 is 0. The van der Waals surface area contributed by atoms with Crippen LogP contribution in [0.2, 0.25) is 0 Å². The number of likely N-dealkylation sites (tertiary alicyclic amines) is 1. The molecular formula is C18H19NO2. The highest BCUT2D eigenvalue weighted by atomic mass is 16.2. The highest BCUT2D eigenvalue weighted by molar-refractivity contribution is 6.14. The molecule has 1 aromatic carbocycles. The summed E-state index contributed by atoms with van der Waals surface area (Å²) in [7, 11) is 0. The molecule has 0 bridgehead atoms. The van der Waals surface area contributed by atoms with Crippen molar-refractivity contribution >= 4 is 11.8 Å². The Balaban J connectivity index is 2.09. The number of amides is 2. The van der Waals surface area contributed by atoms with Crippen molar-refractivity contribution in [3.05, 3.63) is 72.4 Å². The number of carbonyl (C=O) groups excluding carboxylic acids is 2. The second kappa shape index (κ2) is 6.84. The maximum absolute atomic E-state index is 12.3. The molecule has 1 saturated heterocycles. The van der Waals surface area contributed by atoms with Crippen LogP contribution in [0.3, 0.4) is 0 Å². The molecule has 0 saturated carbocycles. The molecule has 1 fully saturated rings. The van der Waals surface area contributed by atoms with Crippen molar-refractivity contribution in [3.63, 3.8) is 0 Å².